The number of aromatic nitrogens is 2. The zero-order chi connectivity index (χ0) is 13.3. The predicted octanol–water partition coefficient (Wildman–Crippen LogP) is 1.63. The Morgan fingerprint density at radius 3 is 2.28 bits per heavy atom. The number of sulfone groups is 1. The van der Waals surface area contributed by atoms with Gasteiger partial charge in [-0.05, 0) is 19.1 Å². The highest BCUT2D eigenvalue weighted by molar-refractivity contribution is 7.90. The van der Waals surface area contributed by atoms with E-state index in [9.17, 15) is 8.42 Å². The molecule has 0 radical (unpaired) electrons. The Labute approximate surface area is 110 Å². The van der Waals surface area contributed by atoms with Crippen LogP contribution in [-0.4, -0.2) is 24.9 Å². The molecule has 1 unspecified atom stereocenters. The lowest BCUT2D eigenvalue weighted by molar-refractivity contribution is 0.602. The summed E-state index contributed by atoms with van der Waals surface area (Å²) in [7, 11) is -3.16. The first-order valence-electron chi connectivity index (χ1n) is 5.27. The maximum atomic E-state index is 11.3. The van der Waals surface area contributed by atoms with Crippen LogP contribution in [0.5, 0.6) is 0 Å². The lowest BCUT2D eigenvalue weighted by atomic mass is 10.2. The van der Waals surface area contributed by atoms with Gasteiger partial charge in [0, 0.05) is 11.8 Å². The molecule has 0 saturated carbocycles. The molecule has 0 saturated heterocycles. The summed E-state index contributed by atoms with van der Waals surface area (Å²) in [4.78, 5) is 0.295. The van der Waals surface area contributed by atoms with Gasteiger partial charge in [0.15, 0.2) is 9.84 Å². The van der Waals surface area contributed by atoms with Crippen LogP contribution >= 0.6 is 11.3 Å². The second-order valence-electron chi connectivity index (χ2n) is 4.03. The number of hydrogen-bond donors (Lipinski definition) is 1. The van der Waals surface area contributed by atoms with Crippen molar-refractivity contribution in [1.29, 1.82) is 0 Å². The summed E-state index contributed by atoms with van der Waals surface area (Å²) in [5, 5.41) is 9.53. The smallest absolute Gasteiger partial charge is 0.175 e. The van der Waals surface area contributed by atoms with E-state index in [-0.39, 0.29) is 6.04 Å². The minimum Gasteiger partial charge on any atom is -0.322 e. The molecule has 0 bridgehead atoms. The molecule has 2 rings (SSSR count). The van der Waals surface area contributed by atoms with E-state index in [4.69, 9.17) is 5.73 Å². The maximum absolute atomic E-state index is 11.3. The van der Waals surface area contributed by atoms with E-state index in [1.165, 1.54) is 17.6 Å². The SMILES string of the molecule is CC(N)c1nnc(-c2ccc(S(C)(=O)=O)cc2)s1. The van der Waals surface area contributed by atoms with Crippen molar-refractivity contribution in [1.82, 2.24) is 10.2 Å². The number of nitrogens with zero attached hydrogens (tertiary/aromatic N) is 2. The van der Waals surface area contributed by atoms with Crippen molar-refractivity contribution < 1.29 is 8.42 Å². The van der Waals surface area contributed by atoms with E-state index >= 15 is 0 Å². The average molecular weight is 283 g/mol. The van der Waals surface area contributed by atoms with Crippen LogP contribution in [0.2, 0.25) is 0 Å². The first-order chi connectivity index (χ1) is 8.38. The molecule has 96 valence electrons. The van der Waals surface area contributed by atoms with Gasteiger partial charge in [0.05, 0.1) is 10.9 Å². The number of benzene rings is 1. The molecule has 2 aromatic rings. The minimum atomic E-state index is -3.16. The van der Waals surface area contributed by atoms with Crippen LogP contribution in [0.3, 0.4) is 0 Å². The Kier molecular flexibility index (Phi) is 3.47. The molecular formula is C11H13N3O2S2. The van der Waals surface area contributed by atoms with Crippen LogP contribution in [0, 0.1) is 0 Å². The molecule has 1 aromatic carbocycles. The maximum Gasteiger partial charge on any atom is 0.175 e. The molecule has 1 aromatic heterocycles. The lowest BCUT2D eigenvalue weighted by Crippen LogP contribution is -2.03. The van der Waals surface area contributed by atoms with E-state index < -0.39 is 9.84 Å². The Morgan fingerprint density at radius 2 is 1.83 bits per heavy atom. The number of hydrogen-bond acceptors (Lipinski definition) is 6. The van der Waals surface area contributed by atoms with E-state index in [1.54, 1.807) is 24.3 Å². The summed E-state index contributed by atoms with van der Waals surface area (Å²) in [6.45, 7) is 1.84. The second kappa shape index (κ2) is 4.75. The van der Waals surface area contributed by atoms with Crippen molar-refractivity contribution in [2.45, 2.75) is 17.9 Å². The molecule has 0 fully saturated rings. The third kappa shape index (κ3) is 2.74. The quantitative estimate of drug-likeness (QED) is 0.925. The molecule has 2 N–H and O–H groups in total. The van der Waals surface area contributed by atoms with Crippen molar-refractivity contribution in [3.05, 3.63) is 29.3 Å². The topological polar surface area (TPSA) is 85.9 Å². The molecule has 0 spiro atoms. The normalized spacial score (nSPS) is 13.5. The first kappa shape index (κ1) is 13.1. The standard InChI is InChI=1S/C11H13N3O2S2/c1-7(12)10-13-14-11(17-10)8-3-5-9(6-4-8)18(2,15)16/h3-7H,12H2,1-2H3. The van der Waals surface area contributed by atoms with E-state index in [1.807, 2.05) is 6.92 Å². The van der Waals surface area contributed by atoms with Gasteiger partial charge in [0.1, 0.15) is 10.0 Å². The Hall–Kier alpha value is -1.31. The van der Waals surface area contributed by atoms with Crippen molar-refractivity contribution >= 4 is 21.2 Å². The van der Waals surface area contributed by atoms with Crippen molar-refractivity contribution in [3.63, 3.8) is 0 Å². The van der Waals surface area contributed by atoms with Gasteiger partial charge in [-0.25, -0.2) is 8.42 Å². The van der Waals surface area contributed by atoms with Crippen LogP contribution < -0.4 is 5.73 Å². The van der Waals surface area contributed by atoms with Crippen LogP contribution in [0.25, 0.3) is 10.6 Å². The predicted molar refractivity (Wildman–Crippen MR) is 71.1 cm³/mol. The van der Waals surface area contributed by atoms with Gasteiger partial charge in [-0.3, -0.25) is 0 Å². The van der Waals surface area contributed by atoms with E-state index in [0.29, 0.717) is 4.90 Å². The zero-order valence-electron chi connectivity index (χ0n) is 9.99. The molecule has 0 aliphatic heterocycles. The number of rotatable bonds is 3. The summed E-state index contributed by atoms with van der Waals surface area (Å²) >= 11 is 1.41. The fourth-order valence-corrected chi connectivity index (χ4v) is 2.81. The molecule has 0 amide bonds. The van der Waals surface area contributed by atoms with Gasteiger partial charge >= 0.3 is 0 Å². The van der Waals surface area contributed by atoms with Crippen LogP contribution in [0.15, 0.2) is 29.2 Å². The van der Waals surface area contributed by atoms with E-state index in [0.717, 1.165) is 15.6 Å². The summed E-state index contributed by atoms with van der Waals surface area (Å²) in [5.74, 6) is 0. The average Bonchev–Trinajstić information content (AvgIpc) is 2.77. The van der Waals surface area contributed by atoms with Gasteiger partial charge in [-0.1, -0.05) is 23.5 Å². The van der Waals surface area contributed by atoms with Gasteiger partial charge in [0.25, 0.3) is 0 Å². The van der Waals surface area contributed by atoms with Crippen molar-refractivity contribution in [2.24, 2.45) is 5.73 Å². The van der Waals surface area contributed by atoms with Crippen molar-refractivity contribution in [3.8, 4) is 10.6 Å². The monoisotopic (exact) mass is 283 g/mol. The molecule has 5 nitrogen and oxygen atoms in total. The third-order valence-corrected chi connectivity index (χ3v) is 4.66. The van der Waals surface area contributed by atoms with Gasteiger partial charge in [-0.2, -0.15) is 0 Å². The lowest BCUT2D eigenvalue weighted by Gasteiger charge is -1.99. The van der Waals surface area contributed by atoms with Gasteiger partial charge in [-0.15, -0.1) is 10.2 Å². The summed E-state index contributed by atoms with van der Waals surface area (Å²) < 4.78 is 22.7. The molecule has 1 heterocycles. The van der Waals surface area contributed by atoms with Gasteiger partial charge in [0.2, 0.25) is 0 Å². The molecular weight excluding hydrogens is 270 g/mol. The van der Waals surface area contributed by atoms with Crippen molar-refractivity contribution in [2.75, 3.05) is 6.26 Å². The summed E-state index contributed by atoms with van der Waals surface area (Å²) in [6, 6.07) is 6.44. The minimum absolute atomic E-state index is 0.147. The number of nitrogens with two attached hydrogens (primary N) is 1. The second-order valence-corrected chi connectivity index (χ2v) is 7.06. The Balaban J connectivity index is 2.34. The molecule has 1 atom stereocenters. The van der Waals surface area contributed by atoms with Crippen LogP contribution in [0.4, 0.5) is 0 Å². The third-order valence-electron chi connectivity index (χ3n) is 2.36. The Morgan fingerprint density at radius 1 is 1.22 bits per heavy atom. The van der Waals surface area contributed by atoms with Gasteiger partial charge < -0.3 is 5.73 Å². The highest BCUT2D eigenvalue weighted by Crippen LogP contribution is 2.26. The van der Waals surface area contributed by atoms with Crippen LogP contribution in [0.1, 0.15) is 18.0 Å². The highest BCUT2D eigenvalue weighted by Gasteiger charge is 2.11. The zero-order valence-corrected chi connectivity index (χ0v) is 11.6. The molecule has 0 aliphatic carbocycles. The highest BCUT2D eigenvalue weighted by atomic mass is 32.2. The van der Waals surface area contributed by atoms with E-state index in [2.05, 4.69) is 10.2 Å². The summed E-state index contributed by atoms with van der Waals surface area (Å²) in [6.07, 6.45) is 1.18. The Bertz CT molecular complexity index is 645. The molecule has 7 heteroatoms. The molecule has 0 aliphatic rings. The largest absolute Gasteiger partial charge is 0.322 e. The first-order valence-corrected chi connectivity index (χ1v) is 7.98. The molecule has 18 heavy (non-hydrogen) atoms. The fourth-order valence-electron chi connectivity index (χ4n) is 1.38. The van der Waals surface area contributed by atoms with Crippen LogP contribution in [-0.2, 0) is 9.84 Å². The summed E-state index contributed by atoms with van der Waals surface area (Å²) in [5.41, 5.74) is 6.55. The fraction of sp³-hybridized carbons (Fsp3) is 0.273.